The molecule has 86 valence electrons. The summed E-state index contributed by atoms with van der Waals surface area (Å²) in [6, 6.07) is 0. The van der Waals surface area contributed by atoms with Gasteiger partial charge >= 0.3 is 5.97 Å². The summed E-state index contributed by atoms with van der Waals surface area (Å²) in [5.74, 6) is -0.559. The first-order valence-electron chi connectivity index (χ1n) is 5.50. The SMILES string of the molecule is CC=C[C@H](C)[C@@H]1OC(=O)[C@H](C)[C@@H](O)[C@@H]1C. The van der Waals surface area contributed by atoms with Gasteiger partial charge in [-0.2, -0.15) is 0 Å². The predicted octanol–water partition coefficient (Wildman–Crippen LogP) is 1.76. The Morgan fingerprint density at radius 2 is 2.07 bits per heavy atom. The van der Waals surface area contributed by atoms with Crippen molar-refractivity contribution in [1.82, 2.24) is 0 Å². The molecule has 1 N–H and O–H groups in total. The fourth-order valence-electron chi connectivity index (χ4n) is 2.14. The summed E-state index contributed by atoms with van der Waals surface area (Å²) >= 11 is 0. The zero-order valence-electron chi connectivity index (χ0n) is 9.81. The molecule has 0 unspecified atom stereocenters. The molecule has 3 nitrogen and oxygen atoms in total. The van der Waals surface area contributed by atoms with Gasteiger partial charge in [0.25, 0.3) is 0 Å². The highest BCUT2D eigenvalue weighted by Gasteiger charge is 2.41. The van der Waals surface area contributed by atoms with Gasteiger partial charge in [-0.25, -0.2) is 0 Å². The second-order valence-electron chi connectivity index (χ2n) is 4.42. The van der Waals surface area contributed by atoms with Gasteiger partial charge in [0.2, 0.25) is 0 Å². The lowest BCUT2D eigenvalue weighted by Crippen LogP contribution is -2.48. The molecule has 1 heterocycles. The van der Waals surface area contributed by atoms with E-state index >= 15 is 0 Å². The molecule has 0 bridgehead atoms. The van der Waals surface area contributed by atoms with Crippen molar-refractivity contribution in [2.75, 3.05) is 0 Å². The molecule has 0 aromatic heterocycles. The summed E-state index contributed by atoms with van der Waals surface area (Å²) in [6.07, 6.45) is 3.14. The molecule has 0 aliphatic carbocycles. The number of allylic oxidation sites excluding steroid dienone is 1. The van der Waals surface area contributed by atoms with Gasteiger partial charge in [0.1, 0.15) is 6.10 Å². The van der Waals surface area contributed by atoms with Gasteiger partial charge in [-0.1, -0.05) is 26.0 Å². The monoisotopic (exact) mass is 212 g/mol. The topological polar surface area (TPSA) is 46.5 Å². The molecule has 1 aliphatic heterocycles. The molecule has 0 amide bonds. The Balaban J connectivity index is 2.78. The van der Waals surface area contributed by atoms with Crippen LogP contribution in [-0.2, 0) is 9.53 Å². The molecular formula is C12H20O3. The summed E-state index contributed by atoms with van der Waals surface area (Å²) < 4.78 is 5.35. The van der Waals surface area contributed by atoms with Crippen LogP contribution in [0.15, 0.2) is 12.2 Å². The Labute approximate surface area is 91.1 Å². The number of hydrogen-bond donors (Lipinski definition) is 1. The molecule has 0 aromatic carbocycles. The van der Waals surface area contributed by atoms with E-state index in [2.05, 4.69) is 0 Å². The first-order chi connectivity index (χ1) is 6.99. The van der Waals surface area contributed by atoms with Gasteiger partial charge in [-0.3, -0.25) is 4.79 Å². The average molecular weight is 212 g/mol. The lowest BCUT2D eigenvalue weighted by Gasteiger charge is -2.38. The van der Waals surface area contributed by atoms with Crippen molar-refractivity contribution < 1.29 is 14.6 Å². The van der Waals surface area contributed by atoms with Crippen molar-refractivity contribution in [3.63, 3.8) is 0 Å². The van der Waals surface area contributed by atoms with Crippen LogP contribution in [0.3, 0.4) is 0 Å². The van der Waals surface area contributed by atoms with Crippen molar-refractivity contribution in [1.29, 1.82) is 0 Å². The molecule has 0 spiro atoms. The Morgan fingerprint density at radius 3 is 2.60 bits per heavy atom. The van der Waals surface area contributed by atoms with E-state index in [0.29, 0.717) is 0 Å². The zero-order chi connectivity index (χ0) is 11.6. The number of aliphatic hydroxyl groups is 1. The van der Waals surface area contributed by atoms with Crippen LogP contribution in [0.5, 0.6) is 0 Å². The Kier molecular flexibility index (Phi) is 3.91. The molecule has 15 heavy (non-hydrogen) atoms. The molecule has 1 saturated heterocycles. The minimum absolute atomic E-state index is 0.0103. The van der Waals surface area contributed by atoms with Crippen LogP contribution < -0.4 is 0 Å². The normalized spacial score (nSPS) is 39.1. The maximum Gasteiger partial charge on any atom is 0.311 e. The van der Waals surface area contributed by atoms with Crippen molar-refractivity contribution in [3.05, 3.63) is 12.2 Å². The molecule has 1 aliphatic rings. The fourth-order valence-corrected chi connectivity index (χ4v) is 2.14. The minimum Gasteiger partial charge on any atom is -0.461 e. The van der Waals surface area contributed by atoms with Gasteiger partial charge in [0.05, 0.1) is 12.0 Å². The number of rotatable bonds is 2. The van der Waals surface area contributed by atoms with Crippen LogP contribution in [0.2, 0.25) is 0 Å². The quantitative estimate of drug-likeness (QED) is 0.560. The Hall–Kier alpha value is -0.830. The first kappa shape index (κ1) is 12.2. The molecule has 0 aromatic rings. The number of cyclic esters (lactones) is 1. The highest BCUT2D eigenvalue weighted by molar-refractivity contribution is 5.73. The molecule has 0 radical (unpaired) electrons. The standard InChI is InChI=1S/C12H20O3/c1-5-6-7(2)11-8(3)10(13)9(4)12(14)15-11/h5-11,13H,1-4H3/t7-,8-,9+,10-,11-/m0/s1. The van der Waals surface area contributed by atoms with Gasteiger partial charge in [-0.05, 0) is 13.8 Å². The van der Waals surface area contributed by atoms with Gasteiger partial charge < -0.3 is 9.84 Å². The van der Waals surface area contributed by atoms with Crippen LogP contribution >= 0.6 is 0 Å². The van der Waals surface area contributed by atoms with Crippen LogP contribution in [0.25, 0.3) is 0 Å². The van der Waals surface area contributed by atoms with Gasteiger partial charge in [0.15, 0.2) is 0 Å². The Bertz CT molecular complexity index is 260. The van der Waals surface area contributed by atoms with E-state index in [1.165, 1.54) is 0 Å². The van der Waals surface area contributed by atoms with Crippen LogP contribution in [0.4, 0.5) is 0 Å². The summed E-state index contributed by atoms with van der Waals surface area (Å²) in [6.45, 7) is 7.57. The van der Waals surface area contributed by atoms with E-state index in [1.54, 1.807) is 6.92 Å². The van der Waals surface area contributed by atoms with Crippen molar-refractivity contribution in [2.45, 2.75) is 39.9 Å². The second-order valence-corrected chi connectivity index (χ2v) is 4.42. The zero-order valence-corrected chi connectivity index (χ0v) is 9.81. The maximum atomic E-state index is 11.5. The van der Waals surface area contributed by atoms with Crippen LogP contribution in [0, 0.1) is 17.8 Å². The van der Waals surface area contributed by atoms with E-state index in [-0.39, 0.29) is 23.9 Å². The van der Waals surface area contributed by atoms with Crippen molar-refractivity contribution in [2.24, 2.45) is 17.8 Å². The van der Waals surface area contributed by atoms with Crippen molar-refractivity contribution >= 4 is 5.97 Å². The van der Waals surface area contributed by atoms with E-state index in [1.807, 2.05) is 32.9 Å². The molecule has 3 heteroatoms. The third-order valence-electron chi connectivity index (χ3n) is 3.21. The number of carbonyl (C=O) groups excluding carboxylic acids is 1. The summed E-state index contributed by atoms with van der Waals surface area (Å²) in [7, 11) is 0. The van der Waals surface area contributed by atoms with Crippen molar-refractivity contribution in [3.8, 4) is 0 Å². The third kappa shape index (κ3) is 2.40. The molecular weight excluding hydrogens is 192 g/mol. The van der Waals surface area contributed by atoms with E-state index < -0.39 is 12.0 Å². The summed E-state index contributed by atoms with van der Waals surface area (Å²) in [5.41, 5.74) is 0. The summed E-state index contributed by atoms with van der Waals surface area (Å²) in [4.78, 5) is 11.5. The third-order valence-corrected chi connectivity index (χ3v) is 3.21. The molecule has 1 fully saturated rings. The molecule has 0 saturated carbocycles. The second kappa shape index (κ2) is 4.79. The van der Waals surface area contributed by atoms with Gasteiger partial charge in [0, 0.05) is 11.8 Å². The molecule has 1 rings (SSSR count). The number of ether oxygens (including phenoxy) is 1. The minimum atomic E-state index is -0.594. The number of hydrogen-bond acceptors (Lipinski definition) is 3. The highest BCUT2D eigenvalue weighted by Crippen LogP contribution is 2.30. The molecule has 5 atom stereocenters. The number of aliphatic hydroxyl groups excluding tert-OH is 1. The van der Waals surface area contributed by atoms with E-state index in [0.717, 1.165) is 0 Å². The fraction of sp³-hybridized carbons (Fsp3) is 0.750. The highest BCUT2D eigenvalue weighted by atomic mass is 16.5. The number of carbonyl (C=O) groups is 1. The largest absolute Gasteiger partial charge is 0.461 e. The lowest BCUT2D eigenvalue weighted by atomic mass is 9.81. The summed E-state index contributed by atoms with van der Waals surface area (Å²) in [5, 5.41) is 9.88. The smallest absolute Gasteiger partial charge is 0.311 e. The average Bonchev–Trinajstić information content (AvgIpc) is 2.20. The van der Waals surface area contributed by atoms with E-state index in [4.69, 9.17) is 4.74 Å². The lowest BCUT2D eigenvalue weighted by molar-refractivity contribution is -0.180. The van der Waals surface area contributed by atoms with Crippen LogP contribution in [-0.4, -0.2) is 23.3 Å². The van der Waals surface area contributed by atoms with E-state index in [9.17, 15) is 9.90 Å². The number of esters is 1. The Morgan fingerprint density at radius 1 is 1.47 bits per heavy atom. The van der Waals surface area contributed by atoms with Gasteiger partial charge in [-0.15, -0.1) is 0 Å². The first-order valence-corrected chi connectivity index (χ1v) is 5.50. The maximum absolute atomic E-state index is 11.5. The van der Waals surface area contributed by atoms with Crippen LogP contribution in [0.1, 0.15) is 27.7 Å². The predicted molar refractivity (Wildman–Crippen MR) is 58.2 cm³/mol.